The molecule has 0 bridgehead atoms. The topological polar surface area (TPSA) is 74.5 Å². The zero-order valence-electron chi connectivity index (χ0n) is 8.74. The van der Waals surface area contributed by atoms with Gasteiger partial charge in [-0.15, -0.1) is 13.2 Å². The summed E-state index contributed by atoms with van der Waals surface area (Å²) in [6.45, 7) is 1.32. The highest BCUT2D eigenvalue weighted by atomic mass is 19.4. The van der Waals surface area contributed by atoms with Crippen molar-refractivity contribution in [2.75, 3.05) is 7.11 Å². The molecule has 9 heteroatoms. The molecule has 0 unspecified atom stereocenters. The Bertz CT molecular complexity index is 447. The Labute approximate surface area is 93.1 Å². The van der Waals surface area contributed by atoms with E-state index in [0.717, 1.165) is 13.2 Å². The number of pyridine rings is 1. The molecule has 0 saturated carbocycles. The number of nitro groups is 1. The van der Waals surface area contributed by atoms with Gasteiger partial charge < -0.3 is 19.6 Å². The second-order valence-corrected chi connectivity index (χ2v) is 2.94. The lowest BCUT2D eigenvalue weighted by molar-refractivity contribution is -0.390. The fourth-order valence-electron chi connectivity index (χ4n) is 1.08. The van der Waals surface area contributed by atoms with E-state index in [2.05, 4.69) is 14.5 Å². The summed E-state index contributed by atoms with van der Waals surface area (Å²) in [6.07, 6.45) is -5.00. The number of methoxy groups -OCH3 is 1. The van der Waals surface area contributed by atoms with Crippen molar-refractivity contribution in [1.29, 1.82) is 0 Å². The van der Waals surface area contributed by atoms with Crippen LogP contribution < -0.4 is 9.47 Å². The Kier molecular flexibility index (Phi) is 3.39. The maximum atomic E-state index is 12.0. The summed E-state index contributed by atoms with van der Waals surface area (Å²) in [5.41, 5.74) is 0.0707. The van der Waals surface area contributed by atoms with Gasteiger partial charge in [0.2, 0.25) is 5.75 Å². The first kappa shape index (κ1) is 13.0. The van der Waals surface area contributed by atoms with Crippen LogP contribution in [-0.4, -0.2) is 23.4 Å². The Morgan fingerprint density at radius 2 is 2.06 bits per heavy atom. The Morgan fingerprint density at radius 3 is 2.47 bits per heavy atom. The summed E-state index contributed by atoms with van der Waals surface area (Å²) in [6, 6.07) is 1.05. The van der Waals surface area contributed by atoms with Crippen LogP contribution in [-0.2, 0) is 0 Å². The Morgan fingerprint density at radius 1 is 1.47 bits per heavy atom. The number of hydrogen-bond donors (Lipinski definition) is 0. The fourth-order valence-corrected chi connectivity index (χ4v) is 1.08. The summed E-state index contributed by atoms with van der Waals surface area (Å²) >= 11 is 0. The van der Waals surface area contributed by atoms with Gasteiger partial charge in [0.1, 0.15) is 0 Å². The number of nitrogens with zero attached hydrogens (tertiary/aromatic N) is 2. The standard InChI is InChI=1S/C8H7F3N2O4/c1-4-3-5(16-2)7(17-8(9,10)11)12-6(4)13(14)15/h3H,1-2H3. The molecule has 0 saturated heterocycles. The van der Waals surface area contributed by atoms with Crippen LogP contribution in [0.15, 0.2) is 6.07 Å². The molecular formula is C8H7F3N2O4. The smallest absolute Gasteiger partial charge is 0.489 e. The maximum absolute atomic E-state index is 12.0. The summed E-state index contributed by atoms with van der Waals surface area (Å²) in [7, 11) is 1.10. The summed E-state index contributed by atoms with van der Waals surface area (Å²) < 4.78 is 44.1. The highest BCUT2D eigenvalue weighted by Crippen LogP contribution is 2.33. The number of aromatic nitrogens is 1. The Balaban J connectivity index is 3.26. The third-order valence-corrected chi connectivity index (χ3v) is 1.72. The van der Waals surface area contributed by atoms with E-state index in [4.69, 9.17) is 0 Å². The lowest BCUT2D eigenvalue weighted by Crippen LogP contribution is -2.19. The SMILES string of the molecule is COc1cc(C)c([N+](=O)[O-])nc1OC(F)(F)F. The van der Waals surface area contributed by atoms with Gasteiger partial charge >= 0.3 is 18.1 Å². The molecule has 0 aliphatic carbocycles. The molecule has 0 fully saturated rings. The van der Waals surface area contributed by atoms with Crippen LogP contribution >= 0.6 is 0 Å². The van der Waals surface area contributed by atoms with Crippen LogP contribution in [0.5, 0.6) is 11.6 Å². The van der Waals surface area contributed by atoms with Gasteiger partial charge in [-0.25, -0.2) is 0 Å². The molecule has 0 aromatic carbocycles. The third kappa shape index (κ3) is 3.20. The van der Waals surface area contributed by atoms with Crippen molar-refractivity contribution in [2.45, 2.75) is 13.3 Å². The first-order chi connectivity index (χ1) is 7.74. The van der Waals surface area contributed by atoms with Gasteiger partial charge in [0.05, 0.1) is 12.7 Å². The van der Waals surface area contributed by atoms with Gasteiger partial charge in [-0.05, 0) is 17.9 Å². The van der Waals surface area contributed by atoms with E-state index in [0.29, 0.717) is 0 Å². The summed E-state index contributed by atoms with van der Waals surface area (Å²) in [5.74, 6) is -2.03. The van der Waals surface area contributed by atoms with Crippen LogP contribution in [0.4, 0.5) is 19.0 Å². The van der Waals surface area contributed by atoms with E-state index >= 15 is 0 Å². The van der Waals surface area contributed by atoms with E-state index in [1.807, 2.05) is 0 Å². The lowest BCUT2D eigenvalue weighted by atomic mass is 10.3. The average molecular weight is 252 g/mol. The normalized spacial score (nSPS) is 11.1. The molecule has 0 atom stereocenters. The van der Waals surface area contributed by atoms with Gasteiger partial charge in [-0.1, -0.05) is 0 Å². The average Bonchev–Trinajstić information content (AvgIpc) is 2.17. The number of ether oxygens (including phenoxy) is 2. The number of hydrogen-bond acceptors (Lipinski definition) is 5. The number of rotatable bonds is 3. The van der Waals surface area contributed by atoms with Crippen LogP contribution in [0.1, 0.15) is 5.56 Å². The van der Waals surface area contributed by atoms with Crippen LogP contribution in [0.3, 0.4) is 0 Å². The van der Waals surface area contributed by atoms with Gasteiger partial charge in [-0.2, -0.15) is 0 Å². The van der Waals surface area contributed by atoms with Crippen molar-refractivity contribution in [3.63, 3.8) is 0 Å². The predicted molar refractivity (Wildman–Crippen MR) is 48.9 cm³/mol. The second-order valence-electron chi connectivity index (χ2n) is 2.94. The molecule has 0 radical (unpaired) electrons. The lowest BCUT2D eigenvalue weighted by Gasteiger charge is -2.09. The predicted octanol–water partition coefficient (Wildman–Crippen LogP) is 2.21. The van der Waals surface area contributed by atoms with Crippen molar-refractivity contribution >= 4 is 5.82 Å². The zero-order chi connectivity index (χ0) is 13.2. The van der Waals surface area contributed by atoms with Crippen molar-refractivity contribution in [2.24, 2.45) is 0 Å². The van der Waals surface area contributed by atoms with Crippen LogP contribution in [0.25, 0.3) is 0 Å². The first-order valence-corrected chi connectivity index (χ1v) is 4.20. The number of halogens is 3. The fraction of sp³-hybridized carbons (Fsp3) is 0.375. The third-order valence-electron chi connectivity index (χ3n) is 1.72. The van der Waals surface area contributed by atoms with Crippen molar-refractivity contribution in [3.8, 4) is 11.6 Å². The minimum Gasteiger partial charge on any atom is -0.489 e. The molecule has 0 aliphatic heterocycles. The monoisotopic (exact) mass is 252 g/mol. The van der Waals surface area contributed by atoms with E-state index in [1.165, 1.54) is 6.92 Å². The summed E-state index contributed by atoms with van der Waals surface area (Å²) in [5, 5.41) is 10.5. The zero-order valence-corrected chi connectivity index (χ0v) is 8.74. The quantitative estimate of drug-likeness (QED) is 0.609. The molecule has 94 valence electrons. The Hall–Kier alpha value is -2.06. The second kappa shape index (κ2) is 4.44. The highest BCUT2D eigenvalue weighted by molar-refractivity contribution is 5.45. The van der Waals surface area contributed by atoms with Gasteiger partial charge in [0.25, 0.3) is 0 Å². The molecule has 17 heavy (non-hydrogen) atoms. The van der Waals surface area contributed by atoms with E-state index in [-0.39, 0.29) is 11.3 Å². The van der Waals surface area contributed by atoms with Gasteiger partial charge in [-0.3, -0.25) is 0 Å². The van der Waals surface area contributed by atoms with Crippen LogP contribution in [0.2, 0.25) is 0 Å². The largest absolute Gasteiger partial charge is 0.575 e. The van der Waals surface area contributed by atoms with E-state index in [1.54, 1.807) is 0 Å². The van der Waals surface area contributed by atoms with Crippen molar-refractivity contribution in [1.82, 2.24) is 4.98 Å². The summed E-state index contributed by atoms with van der Waals surface area (Å²) in [4.78, 5) is 12.8. The molecule has 1 heterocycles. The number of alkyl halides is 3. The molecule has 1 rings (SSSR count). The van der Waals surface area contributed by atoms with Gasteiger partial charge in [0, 0.05) is 4.98 Å². The van der Waals surface area contributed by atoms with E-state index < -0.39 is 23.0 Å². The van der Waals surface area contributed by atoms with Crippen molar-refractivity contribution < 1.29 is 27.6 Å². The highest BCUT2D eigenvalue weighted by Gasteiger charge is 2.36. The maximum Gasteiger partial charge on any atom is 0.575 e. The minimum absolute atomic E-state index is 0.0707. The molecular weight excluding hydrogens is 245 g/mol. The molecule has 0 aliphatic rings. The molecule has 6 nitrogen and oxygen atoms in total. The molecule has 1 aromatic heterocycles. The van der Waals surface area contributed by atoms with Gasteiger partial charge in [0.15, 0.2) is 0 Å². The number of aryl methyl sites for hydroxylation is 1. The van der Waals surface area contributed by atoms with E-state index in [9.17, 15) is 23.3 Å². The minimum atomic E-state index is -5.00. The molecule has 0 spiro atoms. The van der Waals surface area contributed by atoms with Crippen LogP contribution in [0, 0.1) is 17.0 Å². The molecule has 1 aromatic rings. The first-order valence-electron chi connectivity index (χ1n) is 4.20. The molecule has 0 N–H and O–H groups in total. The molecule has 0 amide bonds. The van der Waals surface area contributed by atoms with Crippen molar-refractivity contribution in [3.05, 3.63) is 21.7 Å².